The Hall–Kier alpha value is -0.980. The fourth-order valence-corrected chi connectivity index (χ4v) is 2.20. The molecule has 6 heteroatoms. The molecule has 0 bridgehead atoms. The SMILES string of the molecule is COCCc1nsc(Oc2ccc(Br)c(C)c2)n1. The topological polar surface area (TPSA) is 44.2 Å². The Balaban J connectivity index is 2.04. The average molecular weight is 329 g/mol. The summed E-state index contributed by atoms with van der Waals surface area (Å²) in [6.45, 7) is 2.63. The third kappa shape index (κ3) is 3.51. The number of halogens is 1. The molecule has 4 nitrogen and oxygen atoms in total. The summed E-state index contributed by atoms with van der Waals surface area (Å²) in [7, 11) is 1.66. The first-order valence-electron chi connectivity index (χ1n) is 5.44. The molecule has 1 aromatic heterocycles. The van der Waals surface area contributed by atoms with E-state index in [2.05, 4.69) is 25.3 Å². The summed E-state index contributed by atoms with van der Waals surface area (Å²) in [5.74, 6) is 1.52. The van der Waals surface area contributed by atoms with Gasteiger partial charge in [0.2, 0.25) is 0 Å². The maximum atomic E-state index is 5.66. The highest BCUT2D eigenvalue weighted by Gasteiger charge is 2.06. The maximum absolute atomic E-state index is 5.66. The summed E-state index contributed by atoms with van der Waals surface area (Å²) in [5.41, 5.74) is 1.12. The highest BCUT2D eigenvalue weighted by molar-refractivity contribution is 9.10. The molecule has 0 saturated heterocycles. The molecule has 0 atom stereocenters. The van der Waals surface area contributed by atoms with Gasteiger partial charge in [-0.05, 0) is 30.7 Å². The normalized spacial score (nSPS) is 10.6. The van der Waals surface area contributed by atoms with E-state index in [-0.39, 0.29) is 0 Å². The number of nitrogens with zero attached hydrogens (tertiary/aromatic N) is 2. The van der Waals surface area contributed by atoms with Crippen LogP contribution in [0.3, 0.4) is 0 Å². The van der Waals surface area contributed by atoms with Crippen molar-refractivity contribution in [1.29, 1.82) is 0 Å². The fraction of sp³-hybridized carbons (Fsp3) is 0.333. The van der Waals surface area contributed by atoms with Crippen molar-refractivity contribution >= 4 is 27.5 Å². The van der Waals surface area contributed by atoms with Crippen LogP contribution in [0.15, 0.2) is 22.7 Å². The van der Waals surface area contributed by atoms with Crippen LogP contribution in [0.25, 0.3) is 0 Å². The van der Waals surface area contributed by atoms with E-state index in [0.717, 1.165) is 21.6 Å². The lowest BCUT2D eigenvalue weighted by atomic mass is 10.2. The third-order valence-electron chi connectivity index (χ3n) is 2.31. The Morgan fingerprint density at radius 2 is 2.22 bits per heavy atom. The lowest BCUT2D eigenvalue weighted by Gasteiger charge is -2.03. The van der Waals surface area contributed by atoms with Gasteiger partial charge in [0, 0.05) is 29.5 Å². The molecule has 0 radical (unpaired) electrons. The molecule has 1 heterocycles. The van der Waals surface area contributed by atoms with Gasteiger partial charge in [0.15, 0.2) is 0 Å². The first kappa shape index (κ1) is 13.5. The van der Waals surface area contributed by atoms with Crippen LogP contribution in [0.2, 0.25) is 0 Å². The summed E-state index contributed by atoms with van der Waals surface area (Å²) in [6.07, 6.45) is 0.704. The second kappa shape index (κ2) is 6.26. The Morgan fingerprint density at radius 1 is 1.39 bits per heavy atom. The fourth-order valence-electron chi connectivity index (χ4n) is 1.36. The third-order valence-corrected chi connectivity index (χ3v) is 3.84. The predicted octanol–water partition coefficient (Wildman–Crippen LogP) is 3.59. The van der Waals surface area contributed by atoms with Crippen molar-refractivity contribution in [1.82, 2.24) is 9.36 Å². The van der Waals surface area contributed by atoms with E-state index < -0.39 is 0 Å². The van der Waals surface area contributed by atoms with E-state index in [1.165, 1.54) is 11.5 Å². The number of benzene rings is 1. The molecule has 96 valence electrons. The monoisotopic (exact) mass is 328 g/mol. The van der Waals surface area contributed by atoms with Crippen LogP contribution in [0, 0.1) is 6.92 Å². The first-order valence-corrected chi connectivity index (χ1v) is 7.01. The highest BCUT2D eigenvalue weighted by atomic mass is 79.9. The van der Waals surface area contributed by atoms with Gasteiger partial charge in [-0.3, -0.25) is 0 Å². The zero-order chi connectivity index (χ0) is 13.0. The Bertz CT molecular complexity index is 531. The molecule has 0 aliphatic carbocycles. The molecule has 0 spiro atoms. The van der Waals surface area contributed by atoms with Gasteiger partial charge in [-0.15, -0.1) is 0 Å². The molecule has 1 aromatic carbocycles. The van der Waals surface area contributed by atoms with E-state index in [1.807, 2.05) is 25.1 Å². The number of ether oxygens (including phenoxy) is 2. The minimum Gasteiger partial charge on any atom is -0.430 e. The standard InChI is InChI=1S/C12H13BrN2O2S/c1-8-7-9(3-4-10(8)13)17-12-14-11(15-18-12)5-6-16-2/h3-4,7H,5-6H2,1-2H3. The predicted molar refractivity (Wildman–Crippen MR) is 74.4 cm³/mol. The van der Waals surface area contributed by atoms with Crippen molar-refractivity contribution in [2.24, 2.45) is 0 Å². The Labute approximate surface area is 118 Å². The zero-order valence-electron chi connectivity index (χ0n) is 10.1. The quantitative estimate of drug-likeness (QED) is 0.841. The van der Waals surface area contributed by atoms with E-state index in [4.69, 9.17) is 9.47 Å². The van der Waals surface area contributed by atoms with Crippen LogP contribution < -0.4 is 4.74 Å². The second-order valence-corrected chi connectivity index (χ2v) is 5.30. The summed E-state index contributed by atoms with van der Waals surface area (Å²) < 4.78 is 15.9. The minimum atomic E-state index is 0.558. The van der Waals surface area contributed by atoms with Crippen LogP contribution in [-0.2, 0) is 11.2 Å². The smallest absolute Gasteiger partial charge is 0.298 e. The van der Waals surface area contributed by atoms with Crippen molar-refractivity contribution in [3.63, 3.8) is 0 Å². The molecule has 2 rings (SSSR count). The summed E-state index contributed by atoms with van der Waals surface area (Å²) in [4.78, 5) is 4.29. The summed E-state index contributed by atoms with van der Waals surface area (Å²) in [6, 6.07) is 5.81. The van der Waals surface area contributed by atoms with Crippen LogP contribution in [0.5, 0.6) is 10.9 Å². The Morgan fingerprint density at radius 3 is 2.94 bits per heavy atom. The summed E-state index contributed by atoms with van der Waals surface area (Å²) in [5, 5.41) is 0.558. The number of hydrogen-bond acceptors (Lipinski definition) is 5. The maximum Gasteiger partial charge on any atom is 0.298 e. The zero-order valence-corrected chi connectivity index (χ0v) is 12.5. The molecule has 0 aliphatic rings. The van der Waals surface area contributed by atoms with Crippen molar-refractivity contribution in [3.05, 3.63) is 34.1 Å². The van der Waals surface area contributed by atoms with Crippen LogP contribution in [-0.4, -0.2) is 23.1 Å². The Kier molecular flexibility index (Phi) is 4.68. The molecule has 0 saturated carbocycles. The number of aryl methyl sites for hydroxylation is 1. The van der Waals surface area contributed by atoms with E-state index >= 15 is 0 Å². The van der Waals surface area contributed by atoms with Crippen molar-refractivity contribution in [2.45, 2.75) is 13.3 Å². The van der Waals surface area contributed by atoms with Crippen LogP contribution in [0.1, 0.15) is 11.4 Å². The molecule has 18 heavy (non-hydrogen) atoms. The van der Waals surface area contributed by atoms with Gasteiger partial charge in [0.05, 0.1) is 6.61 Å². The highest BCUT2D eigenvalue weighted by Crippen LogP contribution is 2.27. The molecule has 2 aromatic rings. The number of hydrogen-bond donors (Lipinski definition) is 0. The van der Waals surface area contributed by atoms with Gasteiger partial charge in [0.25, 0.3) is 5.19 Å². The van der Waals surface area contributed by atoms with Crippen molar-refractivity contribution < 1.29 is 9.47 Å². The van der Waals surface area contributed by atoms with Gasteiger partial charge in [-0.25, -0.2) is 0 Å². The van der Waals surface area contributed by atoms with Crippen molar-refractivity contribution in [2.75, 3.05) is 13.7 Å². The lowest BCUT2D eigenvalue weighted by molar-refractivity contribution is 0.200. The molecule has 0 N–H and O–H groups in total. The van der Waals surface area contributed by atoms with Gasteiger partial charge in [-0.1, -0.05) is 15.9 Å². The van der Waals surface area contributed by atoms with Crippen LogP contribution >= 0.6 is 27.5 Å². The molecule has 0 unspecified atom stereocenters. The first-order chi connectivity index (χ1) is 8.69. The molecule has 0 amide bonds. The molecular weight excluding hydrogens is 316 g/mol. The number of aromatic nitrogens is 2. The van der Waals surface area contributed by atoms with Gasteiger partial charge in [-0.2, -0.15) is 9.36 Å². The summed E-state index contributed by atoms with van der Waals surface area (Å²) >= 11 is 4.71. The minimum absolute atomic E-state index is 0.558. The second-order valence-electron chi connectivity index (χ2n) is 3.73. The molecule has 0 aliphatic heterocycles. The van der Waals surface area contributed by atoms with E-state index in [9.17, 15) is 0 Å². The van der Waals surface area contributed by atoms with Crippen LogP contribution in [0.4, 0.5) is 0 Å². The van der Waals surface area contributed by atoms with E-state index in [1.54, 1.807) is 7.11 Å². The number of methoxy groups -OCH3 is 1. The lowest BCUT2D eigenvalue weighted by Crippen LogP contribution is -1.96. The number of rotatable bonds is 5. The average Bonchev–Trinajstić information content (AvgIpc) is 2.79. The molecule has 0 fully saturated rings. The van der Waals surface area contributed by atoms with Gasteiger partial charge < -0.3 is 9.47 Å². The van der Waals surface area contributed by atoms with Crippen molar-refractivity contribution in [3.8, 4) is 10.9 Å². The molecular formula is C12H13BrN2O2S. The van der Waals surface area contributed by atoms with Gasteiger partial charge >= 0.3 is 0 Å². The van der Waals surface area contributed by atoms with Gasteiger partial charge in [0.1, 0.15) is 11.6 Å². The largest absolute Gasteiger partial charge is 0.430 e. The van der Waals surface area contributed by atoms with E-state index in [0.29, 0.717) is 18.2 Å².